The van der Waals surface area contributed by atoms with Crippen LogP contribution in [0.4, 0.5) is 5.69 Å². The standard InChI is InChI=1S/C71H87N5O13/c1-5-74-36-89-56-30-54(86-23-21-72-2)44-15-16-45-61-53(75-68(83)64(56)63(44)61)29-55-62(45)66(81)49(35-88-55)39-24-57(85-4)67(82)58(25-39)87-34-41(32-78)71-50-17-13-38-10-9-11-43(65(38)71)46-27-51(71)47(60-42(46)14-12-37(18-22-77)48(60)33-79)28-52(50)70(19-7-6-8-20-70)76-59(80)26-40(31-73-3)69(76)84/h9-14,17,24-26,29-30,37,41-42,46-52,60,66,68,72-75,77-79,81-83H,5-8,15-16,18-23,27-28,31-36H2,1-4H3. The first kappa shape index (κ1) is 60.1. The highest BCUT2D eigenvalue weighted by Gasteiger charge is 2.71. The minimum Gasteiger partial charge on any atom is -0.502 e. The summed E-state index contributed by atoms with van der Waals surface area (Å²) in [6.45, 7) is 3.92. The second kappa shape index (κ2) is 24.0. The van der Waals surface area contributed by atoms with Crippen molar-refractivity contribution in [3.8, 4) is 45.6 Å². The lowest BCUT2D eigenvalue weighted by molar-refractivity contribution is -0.170. The molecule has 89 heavy (non-hydrogen) atoms. The van der Waals surface area contributed by atoms with Gasteiger partial charge in [0.2, 0.25) is 5.75 Å². The summed E-state index contributed by atoms with van der Waals surface area (Å²) in [7, 11) is 5.15. The van der Waals surface area contributed by atoms with Crippen molar-refractivity contribution in [3.05, 3.63) is 117 Å². The summed E-state index contributed by atoms with van der Waals surface area (Å²) >= 11 is 0. The van der Waals surface area contributed by atoms with Crippen molar-refractivity contribution >= 4 is 23.6 Å². The summed E-state index contributed by atoms with van der Waals surface area (Å²) < 4.78 is 32.4. The number of rotatable bonds is 22. The number of phenolic OH excluding ortho intramolecular Hbond substituents is 1. The quantitative estimate of drug-likeness (QED) is 0.0161. The molecule has 3 fully saturated rings. The van der Waals surface area contributed by atoms with Gasteiger partial charge in [0, 0.05) is 95.3 Å². The Bertz CT molecular complexity index is 3520. The summed E-state index contributed by atoms with van der Waals surface area (Å²) in [6, 6.07) is 13.8. The molecule has 2 bridgehead atoms. The number of carbonyl (C=O) groups is 2. The first-order valence-electron chi connectivity index (χ1n) is 32.8. The topological polar surface area (TPSA) is 253 Å². The summed E-state index contributed by atoms with van der Waals surface area (Å²) in [6.07, 6.45) is 15.7. The molecule has 18 nitrogen and oxygen atoms in total. The van der Waals surface area contributed by atoms with E-state index in [9.17, 15) is 40.2 Å². The van der Waals surface area contributed by atoms with E-state index in [1.54, 1.807) is 24.1 Å². The molecular weight excluding hydrogens is 1130 g/mol. The predicted octanol–water partition coefficient (Wildman–Crippen LogP) is 7.28. The number of methoxy groups -OCH3 is 1. The number of imide groups is 1. The van der Waals surface area contributed by atoms with E-state index in [4.69, 9.17) is 23.7 Å². The van der Waals surface area contributed by atoms with Gasteiger partial charge in [0.1, 0.15) is 30.6 Å². The van der Waals surface area contributed by atoms with E-state index in [-0.39, 0.29) is 129 Å². The smallest absolute Gasteiger partial charge is 0.258 e. The predicted molar refractivity (Wildman–Crippen MR) is 335 cm³/mol. The van der Waals surface area contributed by atoms with Crippen LogP contribution in [0.5, 0.6) is 34.5 Å². The molecule has 18 heteroatoms. The van der Waals surface area contributed by atoms with Crippen LogP contribution in [0.15, 0.2) is 72.3 Å². The highest BCUT2D eigenvalue weighted by molar-refractivity contribution is 6.17. The highest BCUT2D eigenvalue weighted by atomic mass is 16.5. The fourth-order valence-electron chi connectivity index (χ4n) is 19.7. The van der Waals surface area contributed by atoms with Crippen LogP contribution >= 0.6 is 0 Å². The molecule has 3 aliphatic heterocycles. The van der Waals surface area contributed by atoms with Crippen LogP contribution in [0.25, 0.3) is 17.2 Å². The average Bonchev–Trinajstić information content (AvgIpc) is 0.760. The molecule has 4 aromatic carbocycles. The number of benzene rings is 4. The van der Waals surface area contributed by atoms with Crippen molar-refractivity contribution in [1.82, 2.24) is 20.9 Å². The molecule has 3 saturated carbocycles. The number of anilines is 1. The number of likely N-dealkylation sites (N-methyl/N-ethyl adjacent to an activating group) is 2. The number of aromatic hydroxyl groups is 1. The van der Waals surface area contributed by atoms with Crippen LogP contribution in [0.3, 0.4) is 0 Å². The van der Waals surface area contributed by atoms with Gasteiger partial charge in [-0.05, 0) is 159 Å². The van der Waals surface area contributed by atoms with Crippen molar-refractivity contribution in [2.75, 3.05) is 92.5 Å². The number of aliphatic hydroxyl groups excluding tert-OH is 5. The average molecular weight is 1220 g/mol. The Kier molecular flexibility index (Phi) is 16.2. The minimum absolute atomic E-state index is 0.00414. The summed E-state index contributed by atoms with van der Waals surface area (Å²) in [4.78, 5) is 31.4. The van der Waals surface area contributed by atoms with Crippen molar-refractivity contribution in [2.24, 2.45) is 53.3 Å². The number of ether oxygens (including phenoxy) is 5. The van der Waals surface area contributed by atoms with Crippen LogP contribution in [0.1, 0.15) is 127 Å². The van der Waals surface area contributed by atoms with Crippen LogP contribution in [-0.4, -0.2) is 140 Å². The van der Waals surface area contributed by atoms with Gasteiger partial charge in [0.05, 0.1) is 44.1 Å². The van der Waals surface area contributed by atoms with E-state index in [0.717, 1.165) is 53.5 Å². The second-order valence-electron chi connectivity index (χ2n) is 26.8. The minimum atomic E-state index is -1.10. The van der Waals surface area contributed by atoms with Gasteiger partial charge in [0.15, 0.2) is 17.7 Å². The zero-order chi connectivity index (χ0) is 61.6. The third-order valence-corrected chi connectivity index (χ3v) is 23.1. The normalized spacial score (nSPS) is 30.5. The lowest BCUT2D eigenvalue weighted by Gasteiger charge is -2.71. The molecule has 474 valence electrons. The third-order valence-electron chi connectivity index (χ3n) is 23.1. The maximum atomic E-state index is 15.0. The zero-order valence-corrected chi connectivity index (χ0v) is 51.6. The first-order valence-corrected chi connectivity index (χ1v) is 32.8. The van der Waals surface area contributed by atoms with Crippen molar-refractivity contribution in [1.29, 1.82) is 0 Å². The fourth-order valence-corrected chi connectivity index (χ4v) is 19.7. The SMILES string of the molecule is CCNCOc1cc(OCCNC)c2c3c1C(O)Nc1cc4c(c(c1-3)CC2)C(O)C(c1cc(OC)c(O)c(OCC(CO)C23c5c6cccc5C5CC2C(CC(C2(N7C(=O)C=C(CNC)C7=O)CCCCC2)C3C=C6)C2C5C=CC(CCO)C2CO)c1)CO4. The van der Waals surface area contributed by atoms with Crippen LogP contribution < -0.4 is 45.0 Å². The highest BCUT2D eigenvalue weighted by Crippen LogP contribution is 2.74. The zero-order valence-electron chi connectivity index (χ0n) is 51.6. The molecule has 14 rings (SSSR count). The van der Waals surface area contributed by atoms with Crippen LogP contribution in [0.2, 0.25) is 0 Å². The monoisotopic (exact) mass is 1220 g/mol. The summed E-state index contributed by atoms with van der Waals surface area (Å²) in [5.74, 6) is -0.644. The molecule has 7 aliphatic carbocycles. The number of hydrogen-bond acceptors (Lipinski definition) is 17. The summed E-state index contributed by atoms with van der Waals surface area (Å²) in [5, 5.41) is 84.6. The molecule has 14 atom stereocenters. The van der Waals surface area contributed by atoms with Gasteiger partial charge in [-0.1, -0.05) is 68.7 Å². The Labute approximate surface area is 520 Å². The van der Waals surface area contributed by atoms with Crippen LogP contribution in [-0.2, 0) is 27.8 Å². The molecule has 10 N–H and O–H groups in total. The lowest BCUT2D eigenvalue weighted by atomic mass is 9.34. The number of nitrogens with one attached hydrogen (secondary N) is 4. The second-order valence-corrected chi connectivity index (χ2v) is 26.8. The molecule has 0 spiro atoms. The van der Waals surface area contributed by atoms with E-state index in [1.165, 1.54) is 24.3 Å². The number of amides is 2. The van der Waals surface area contributed by atoms with E-state index in [0.29, 0.717) is 103 Å². The van der Waals surface area contributed by atoms with Gasteiger partial charge in [-0.25, -0.2) is 0 Å². The fraction of sp³-hybridized carbons (Fsp3) is 0.549. The molecule has 0 saturated heterocycles. The molecular formula is C71H87N5O13. The number of allylic oxidation sites excluding steroid dienone is 3. The van der Waals surface area contributed by atoms with Gasteiger partial charge in [-0.15, -0.1) is 0 Å². The molecule has 4 aromatic rings. The number of nitrogens with zero attached hydrogens (tertiary/aromatic N) is 1. The van der Waals surface area contributed by atoms with Crippen molar-refractivity contribution in [2.45, 2.75) is 106 Å². The summed E-state index contributed by atoms with van der Waals surface area (Å²) in [5.41, 5.74) is 8.29. The maximum absolute atomic E-state index is 15.0. The van der Waals surface area contributed by atoms with Gasteiger partial charge in [0.25, 0.3) is 11.8 Å². The van der Waals surface area contributed by atoms with E-state index < -0.39 is 35.1 Å². The van der Waals surface area contributed by atoms with Crippen molar-refractivity contribution in [3.63, 3.8) is 0 Å². The van der Waals surface area contributed by atoms with Gasteiger partial charge in [-0.2, -0.15) is 0 Å². The first-order chi connectivity index (χ1) is 43.4. The Morgan fingerprint density at radius 1 is 0.865 bits per heavy atom. The molecule has 14 unspecified atom stereocenters. The van der Waals surface area contributed by atoms with Gasteiger partial charge < -0.3 is 70.3 Å². The van der Waals surface area contributed by atoms with Crippen LogP contribution in [0, 0.1) is 53.3 Å². The number of fused-ring (bicyclic) bond motifs is 7. The Morgan fingerprint density at radius 2 is 1.69 bits per heavy atom. The van der Waals surface area contributed by atoms with Gasteiger partial charge >= 0.3 is 0 Å². The molecule has 0 aromatic heterocycles. The van der Waals surface area contributed by atoms with E-state index in [1.807, 2.05) is 26.1 Å². The number of carbonyl (C=O) groups excluding carboxylic acids is 2. The molecule has 2 amide bonds. The van der Waals surface area contributed by atoms with E-state index >= 15 is 0 Å². The Balaban J connectivity index is 0.863. The largest absolute Gasteiger partial charge is 0.502 e. The number of aliphatic hydroxyl groups is 5. The Hall–Kier alpha value is -6.48. The number of hydrogen-bond donors (Lipinski definition) is 10. The lowest BCUT2D eigenvalue weighted by Crippen LogP contribution is -2.71. The maximum Gasteiger partial charge on any atom is 0.258 e. The molecule has 10 aliphatic rings. The molecule has 3 heterocycles. The van der Waals surface area contributed by atoms with Crippen molar-refractivity contribution < 1.29 is 63.9 Å². The third kappa shape index (κ3) is 9.21. The Morgan fingerprint density at radius 3 is 2.45 bits per heavy atom. The molecule has 0 radical (unpaired) electrons. The van der Waals surface area contributed by atoms with Gasteiger partial charge in [-0.3, -0.25) is 19.8 Å². The number of phenols is 1. The van der Waals surface area contributed by atoms with E-state index in [2.05, 4.69) is 63.8 Å².